The van der Waals surface area contributed by atoms with Gasteiger partial charge in [0.15, 0.2) is 5.82 Å². The average molecular weight is 222 g/mol. The topological polar surface area (TPSA) is 75.3 Å². The number of hydrogen-bond acceptors (Lipinski definition) is 5. The molecule has 1 aliphatic carbocycles. The molecule has 0 atom stereocenters. The summed E-state index contributed by atoms with van der Waals surface area (Å²) < 4.78 is 0. The number of nitrogens with two attached hydrogens (primary N) is 1. The summed E-state index contributed by atoms with van der Waals surface area (Å²) in [5.41, 5.74) is 5.51. The van der Waals surface area contributed by atoms with E-state index in [-0.39, 0.29) is 6.61 Å². The molecule has 0 aromatic carbocycles. The van der Waals surface area contributed by atoms with Crippen LogP contribution in [0.3, 0.4) is 0 Å². The van der Waals surface area contributed by atoms with Crippen molar-refractivity contribution in [2.75, 3.05) is 23.8 Å². The van der Waals surface area contributed by atoms with Gasteiger partial charge in [-0.05, 0) is 25.0 Å². The van der Waals surface area contributed by atoms with Gasteiger partial charge in [-0.2, -0.15) is 0 Å². The van der Waals surface area contributed by atoms with Crippen molar-refractivity contribution in [3.05, 3.63) is 12.1 Å². The van der Waals surface area contributed by atoms with E-state index in [2.05, 4.69) is 15.1 Å². The molecule has 0 spiro atoms. The van der Waals surface area contributed by atoms with E-state index < -0.39 is 0 Å². The minimum Gasteiger partial charge on any atom is -0.395 e. The van der Waals surface area contributed by atoms with Crippen molar-refractivity contribution in [1.82, 2.24) is 10.2 Å². The maximum absolute atomic E-state index is 9.10. The van der Waals surface area contributed by atoms with Crippen LogP contribution in [0.2, 0.25) is 0 Å². The number of nitrogen functional groups attached to an aromatic ring is 1. The van der Waals surface area contributed by atoms with E-state index in [9.17, 15) is 0 Å². The van der Waals surface area contributed by atoms with Crippen molar-refractivity contribution in [2.24, 2.45) is 0 Å². The molecule has 3 N–H and O–H groups in total. The second-order valence-electron chi connectivity index (χ2n) is 4.17. The summed E-state index contributed by atoms with van der Waals surface area (Å²) in [5, 5.41) is 17.0. The normalized spacial score (nSPS) is 16.6. The number of aromatic nitrogens is 2. The first-order chi connectivity index (χ1) is 7.81. The third kappa shape index (κ3) is 2.41. The first kappa shape index (κ1) is 11.1. The lowest BCUT2D eigenvalue weighted by atomic mass is 10.2. The summed E-state index contributed by atoms with van der Waals surface area (Å²) in [6, 6.07) is 4.11. The second-order valence-corrected chi connectivity index (χ2v) is 4.17. The van der Waals surface area contributed by atoms with Crippen LogP contribution in [0.4, 0.5) is 11.6 Å². The Morgan fingerprint density at radius 1 is 1.31 bits per heavy atom. The molecule has 1 heterocycles. The van der Waals surface area contributed by atoms with Crippen LogP contribution in [0.1, 0.15) is 25.7 Å². The summed E-state index contributed by atoms with van der Waals surface area (Å²) in [6.07, 6.45) is 4.86. The van der Waals surface area contributed by atoms with Gasteiger partial charge in [-0.25, -0.2) is 0 Å². The van der Waals surface area contributed by atoms with Gasteiger partial charge in [-0.3, -0.25) is 0 Å². The molecule has 1 saturated carbocycles. The monoisotopic (exact) mass is 222 g/mol. The Labute approximate surface area is 95.3 Å². The second kappa shape index (κ2) is 5.12. The average Bonchev–Trinajstić information content (AvgIpc) is 2.81. The highest BCUT2D eigenvalue weighted by molar-refractivity contribution is 5.42. The molecule has 5 nitrogen and oxygen atoms in total. The van der Waals surface area contributed by atoms with E-state index in [4.69, 9.17) is 10.8 Å². The van der Waals surface area contributed by atoms with Crippen LogP contribution in [0.5, 0.6) is 0 Å². The molecule has 1 aromatic heterocycles. The van der Waals surface area contributed by atoms with Crippen molar-refractivity contribution < 1.29 is 5.11 Å². The minimum atomic E-state index is 0.141. The van der Waals surface area contributed by atoms with E-state index in [1.54, 1.807) is 6.07 Å². The SMILES string of the molecule is Nc1ccc(N(CCO)C2CCCC2)nn1. The molecule has 2 rings (SSSR count). The molecule has 16 heavy (non-hydrogen) atoms. The maximum Gasteiger partial charge on any atom is 0.151 e. The quantitative estimate of drug-likeness (QED) is 0.788. The van der Waals surface area contributed by atoms with Gasteiger partial charge in [0.25, 0.3) is 0 Å². The number of aliphatic hydroxyl groups excluding tert-OH is 1. The van der Waals surface area contributed by atoms with E-state index in [1.165, 1.54) is 25.7 Å². The summed E-state index contributed by atoms with van der Waals surface area (Å²) in [4.78, 5) is 2.14. The van der Waals surface area contributed by atoms with Crippen LogP contribution in [-0.4, -0.2) is 34.5 Å². The molecule has 1 aromatic rings. The first-order valence-corrected chi connectivity index (χ1v) is 5.78. The smallest absolute Gasteiger partial charge is 0.151 e. The number of rotatable bonds is 4. The third-order valence-electron chi connectivity index (χ3n) is 3.07. The Morgan fingerprint density at radius 3 is 2.62 bits per heavy atom. The molecule has 0 bridgehead atoms. The fourth-order valence-electron chi connectivity index (χ4n) is 2.30. The van der Waals surface area contributed by atoms with Crippen LogP contribution in [-0.2, 0) is 0 Å². The lowest BCUT2D eigenvalue weighted by molar-refractivity contribution is 0.296. The van der Waals surface area contributed by atoms with Gasteiger partial charge in [-0.1, -0.05) is 12.8 Å². The summed E-state index contributed by atoms with van der Waals surface area (Å²) in [7, 11) is 0. The molecule has 0 aliphatic heterocycles. The van der Waals surface area contributed by atoms with Gasteiger partial charge in [0.2, 0.25) is 0 Å². The van der Waals surface area contributed by atoms with Crippen molar-refractivity contribution in [3.8, 4) is 0 Å². The van der Waals surface area contributed by atoms with Crippen molar-refractivity contribution >= 4 is 11.6 Å². The molecule has 0 saturated heterocycles. The van der Waals surface area contributed by atoms with Crippen LogP contribution >= 0.6 is 0 Å². The van der Waals surface area contributed by atoms with E-state index >= 15 is 0 Å². The van der Waals surface area contributed by atoms with Gasteiger partial charge in [0.1, 0.15) is 5.82 Å². The van der Waals surface area contributed by atoms with E-state index in [1.807, 2.05) is 6.07 Å². The molecule has 0 amide bonds. The van der Waals surface area contributed by atoms with Crippen LogP contribution in [0.15, 0.2) is 12.1 Å². The fourth-order valence-corrected chi connectivity index (χ4v) is 2.30. The lowest BCUT2D eigenvalue weighted by Gasteiger charge is -2.28. The largest absolute Gasteiger partial charge is 0.395 e. The summed E-state index contributed by atoms with van der Waals surface area (Å²) >= 11 is 0. The number of hydrogen-bond donors (Lipinski definition) is 2. The Bertz CT molecular complexity index is 321. The molecule has 1 fully saturated rings. The molecule has 1 aliphatic rings. The van der Waals surface area contributed by atoms with Crippen molar-refractivity contribution in [1.29, 1.82) is 0 Å². The van der Waals surface area contributed by atoms with Crippen molar-refractivity contribution in [3.63, 3.8) is 0 Å². The predicted octanol–water partition coefficient (Wildman–Crippen LogP) is 0.800. The molecule has 5 heteroatoms. The lowest BCUT2D eigenvalue weighted by Crippen LogP contribution is -2.36. The van der Waals surface area contributed by atoms with Gasteiger partial charge in [-0.15, -0.1) is 10.2 Å². The molecule has 0 unspecified atom stereocenters. The Balaban J connectivity index is 2.14. The summed E-state index contributed by atoms with van der Waals surface area (Å²) in [6.45, 7) is 0.756. The molecule has 0 radical (unpaired) electrons. The zero-order valence-electron chi connectivity index (χ0n) is 9.34. The van der Waals surface area contributed by atoms with E-state index in [0.29, 0.717) is 18.4 Å². The third-order valence-corrected chi connectivity index (χ3v) is 3.07. The number of nitrogens with zero attached hydrogens (tertiary/aromatic N) is 3. The highest BCUT2D eigenvalue weighted by atomic mass is 16.3. The van der Waals surface area contributed by atoms with Gasteiger partial charge < -0.3 is 15.7 Å². The molecule has 88 valence electrons. The standard InChI is InChI=1S/C11H18N4O/c12-10-5-6-11(14-13-10)15(7-8-16)9-3-1-2-4-9/h5-6,9,16H,1-4,7-8H2,(H2,12,13). The van der Waals surface area contributed by atoms with Crippen LogP contribution in [0, 0.1) is 0 Å². The Morgan fingerprint density at radius 2 is 2.06 bits per heavy atom. The minimum absolute atomic E-state index is 0.141. The van der Waals surface area contributed by atoms with Gasteiger partial charge >= 0.3 is 0 Å². The Hall–Kier alpha value is -1.36. The fraction of sp³-hybridized carbons (Fsp3) is 0.636. The maximum atomic E-state index is 9.10. The zero-order valence-corrected chi connectivity index (χ0v) is 9.34. The highest BCUT2D eigenvalue weighted by Gasteiger charge is 2.23. The zero-order chi connectivity index (χ0) is 11.4. The molecular weight excluding hydrogens is 204 g/mol. The number of aliphatic hydroxyl groups is 1. The van der Waals surface area contributed by atoms with Crippen LogP contribution in [0.25, 0.3) is 0 Å². The Kier molecular flexibility index (Phi) is 3.56. The van der Waals surface area contributed by atoms with Crippen molar-refractivity contribution in [2.45, 2.75) is 31.7 Å². The predicted molar refractivity (Wildman–Crippen MR) is 63.1 cm³/mol. The first-order valence-electron chi connectivity index (χ1n) is 5.78. The van der Waals surface area contributed by atoms with Crippen LogP contribution < -0.4 is 10.6 Å². The van der Waals surface area contributed by atoms with Gasteiger partial charge in [0, 0.05) is 12.6 Å². The summed E-state index contributed by atoms with van der Waals surface area (Å²) in [5.74, 6) is 1.24. The van der Waals surface area contributed by atoms with E-state index in [0.717, 1.165) is 5.82 Å². The number of anilines is 2. The highest BCUT2D eigenvalue weighted by Crippen LogP contribution is 2.26. The molecular formula is C11H18N4O. The van der Waals surface area contributed by atoms with Gasteiger partial charge in [0.05, 0.1) is 6.61 Å².